The molecule has 0 amide bonds. The number of rotatable bonds is 4. The molecule has 0 radical (unpaired) electrons. The highest BCUT2D eigenvalue weighted by Crippen LogP contribution is 2.25. The fourth-order valence-electron chi connectivity index (χ4n) is 2.60. The number of anilines is 4. The van der Waals surface area contributed by atoms with Crippen molar-refractivity contribution in [1.82, 2.24) is 15.0 Å². The van der Waals surface area contributed by atoms with Crippen molar-refractivity contribution < 1.29 is 8.81 Å². The first-order valence-electron chi connectivity index (χ1n) is 8.06. The van der Waals surface area contributed by atoms with E-state index in [0.717, 1.165) is 22.3 Å². The Morgan fingerprint density at radius 3 is 2.73 bits per heavy atom. The third-order valence-electron chi connectivity index (χ3n) is 4.02. The molecule has 26 heavy (non-hydrogen) atoms. The molecule has 6 nitrogen and oxygen atoms in total. The van der Waals surface area contributed by atoms with Crippen molar-refractivity contribution in [3.05, 3.63) is 65.9 Å². The van der Waals surface area contributed by atoms with Crippen LogP contribution in [-0.2, 0) is 0 Å². The standard InChI is InChI=1S/C19H16FN5O/c1-11-4-3-5-14(20)17(11)24-19-21-9-12(2)18(25-19)23-13-6-7-16-15(8-13)22-10-26-16/h3-10H,1-2H3,(H2,21,23,24,25). The van der Waals surface area contributed by atoms with Crippen LogP contribution in [0.1, 0.15) is 11.1 Å². The molecule has 2 heterocycles. The van der Waals surface area contributed by atoms with Crippen LogP contribution in [0.4, 0.5) is 27.5 Å². The molecule has 130 valence electrons. The number of hydrogen-bond donors (Lipinski definition) is 2. The average Bonchev–Trinajstić information content (AvgIpc) is 3.09. The third-order valence-corrected chi connectivity index (χ3v) is 4.02. The lowest BCUT2D eigenvalue weighted by Gasteiger charge is -2.12. The Hall–Kier alpha value is -3.48. The van der Waals surface area contributed by atoms with Crippen molar-refractivity contribution in [2.24, 2.45) is 0 Å². The second kappa shape index (κ2) is 6.44. The van der Waals surface area contributed by atoms with Gasteiger partial charge in [-0.3, -0.25) is 0 Å². The van der Waals surface area contributed by atoms with Gasteiger partial charge in [-0.05, 0) is 43.7 Å². The Morgan fingerprint density at radius 2 is 1.88 bits per heavy atom. The summed E-state index contributed by atoms with van der Waals surface area (Å²) in [7, 11) is 0. The molecule has 0 atom stereocenters. The van der Waals surface area contributed by atoms with Gasteiger partial charge in [0.05, 0.1) is 5.69 Å². The zero-order valence-electron chi connectivity index (χ0n) is 14.2. The largest absolute Gasteiger partial charge is 0.443 e. The minimum Gasteiger partial charge on any atom is -0.443 e. The van der Waals surface area contributed by atoms with Crippen molar-refractivity contribution in [2.45, 2.75) is 13.8 Å². The zero-order valence-corrected chi connectivity index (χ0v) is 14.2. The summed E-state index contributed by atoms with van der Waals surface area (Å²) in [6.07, 6.45) is 3.09. The molecule has 0 aliphatic carbocycles. The van der Waals surface area contributed by atoms with Gasteiger partial charge in [-0.2, -0.15) is 4.98 Å². The lowest BCUT2D eigenvalue weighted by atomic mass is 10.2. The van der Waals surface area contributed by atoms with Gasteiger partial charge in [0.2, 0.25) is 5.95 Å². The summed E-state index contributed by atoms with van der Waals surface area (Å²) in [5.41, 5.74) is 4.29. The van der Waals surface area contributed by atoms with Gasteiger partial charge < -0.3 is 15.1 Å². The number of aromatic nitrogens is 3. The fraction of sp³-hybridized carbons (Fsp3) is 0.105. The Bertz CT molecular complexity index is 1070. The first kappa shape index (κ1) is 16.0. The van der Waals surface area contributed by atoms with Gasteiger partial charge in [0.15, 0.2) is 12.0 Å². The lowest BCUT2D eigenvalue weighted by Crippen LogP contribution is -2.04. The van der Waals surface area contributed by atoms with E-state index < -0.39 is 0 Å². The van der Waals surface area contributed by atoms with E-state index in [9.17, 15) is 4.39 Å². The molecule has 7 heteroatoms. The normalized spacial score (nSPS) is 10.9. The summed E-state index contributed by atoms with van der Waals surface area (Å²) < 4.78 is 19.3. The van der Waals surface area contributed by atoms with Crippen molar-refractivity contribution in [3.8, 4) is 0 Å². The fourth-order valence-corrected chi connectivity index (χ4v) is 2.60. The molecule has 2 N–H and O–H groups in total. The molecular formula is C19H16FN5O. The summed E-state index contributed by atoms with van der Waals surface area (Å²) in [6.45, 7) is 3.72. The molecule has 0 saturated heterocycles. The van der Waals surface area contributed by atoms with E-state index in [1.54, 1.807) is 12.3 Å². The van der Waals surface area contributed by atoms with Crippen LogP contribution >= 0.6 is 0 Å². The van der Waals surface area contributed by atoms with E-state index in [1.165, 1.54) is 12.5 Å². The Kier molecular flexibility index (Phi) is 3.96. The second-order valence-corrected chi connectivity index (χ2v) is 5.94. The zero-order chi connectivity index (χ0) is 18.1. The third kappa shape index (κ3) is 3.06. The van der Waals surface area contributed by atoms with Crippen molar-refractivity contribution in [2.75, 3.05) is 10.6 Å². The van der Waals surface area contributed by atoms with Gasteiger partial charge in [0, 0.05) is 17.4 Å². The van der Waals surface area contributed by atoms with Crippen LogP contribution in [0.25, 0.3) is 11.1 Å². The summed E-state index contributed by atoms with van der Waals surface area (Å²) in [4.78, 5) is 12.9. The molecule has 0 aliphatic rings. The molecule has 0 bridgehead atoms. The molecule has 0 unspecified atom stereocenters. The molecule has 0 spiro atoms. The highest BCUT2D eigenvalue weighted by Gasteiger charge is 2.10. The van der Waals surface area contributed by atoms with Crippen molar-refractivity contribution >= 4 is 34.2 Å². The van der Waals surface area contributed by atoms with E-state index in [2.05, 4.69) is 25.6 Å². The molecule has 0 aliphatic heterocycles. The van der Waals surface area contributed by atoms with Crippen LogP contribution in [-0.4, -0.2) is 15.0 Å². The van der Waals surface area contributed by atoms with E-state index >= 15 is 0 Å². The van der Waals surface area contributed by atoms with Crippen molar-refractivity contribution in [3.63, 3.8) is 0 Å². The first-order valence-corrected chi connectivity index (χ1v) is 8.06. The quantitative estimate of drug-likeness (QED) is 0.548. The van der Waals surface area contributed by atoms with Crippen LogP contribution in [0.5, 0.6) is 0 Å². The highest BCUT2D eigenvalue weighted by molar-refractivity contribution is 5.78. The van der Waals surface area contributed by atoms with Crippen LogP contribution in [0.15, 0.2) is 53.4 Å². The van der Waals surface area contributed by atoms with Gasteiger partial charge in [0.1, 0.15) is 17.2 Å². The Balaban J connectivity index is 1.63. The van der Waals surface area contributed by atoms with Gasteiger partial charge in [-0.1, -0.05) is 12.1 Å². The number of oxazole rings is 1. The van der Waals surface area contributed by atoms with E-state index in [0.29, 0.717) is 23.0 Å². The number of hydrogen-bond acceptors (Lipinski definition) is 6. The van der Waals surface area contributed by atoms with Gasteiger partial charge in [-0.15, -0.1) is 0 Å². The maximum atomic E-state index is 14.0. The predicted molar refractivity (Wildman–Crippen MR) is 98.5 cm³/mol. The SMILES string of the molecule is Cc1cnc(Nc2c(C)cccc2F)nc1Nc1ccc2ocnc2c1. The van der Waals surface area contributed by atoms with E-state index in [4.69, 9.17) is 4.42 Å². The Morgan fingerprint density at radius 1 is 1.00 bits per heavy atom. The maximum absolute atomic E-state index is 14.0. The van der Waals surface area contributed by atoms with Gasteiger partial charge in [0.25, 0.3) is 0 Å². The molecular weight excluding hydrogens is 333 g/mol. The highest BCUT2D eigenvalue weighted by atomic mass is 19.1. The maximum Gasteiger partial charge on any atom is 0.229 e. The van der Waals surface area contributed by atoms with Crippen LogP contribution < -0.4 is 10.6 Å². The lowest BCUT2D eigenvalue weighted by molar-refractivity contribution is 0.602. The number of para-hydroxylation sites is 1. The topological polar surface area (TPSA) is 75.9 Å². The second-order valence-electron chi connectivity index (χ2n) is 5.94. The smallest absolute Gasteiger partial charge is 0.229 e. The number of halogens is 1. The predicted octanol–water partition coefficient (Wildman–Crippen LogP) is 4.86. The molecule has 0 saturated carbocycles. The summed E-state index contributed by atoms with van der Waals surface area (Å²) in [6, 6.07) is 10.5. The van der Waals surface area contributed by atoms with Crippen LogP contribution in [0.3, 0.4) is 0 Å². The van der Waals surface area contributed by atoms with Gasteiger partial charge >= 0.3 is 0 Å². The first-order chi connectivity index (χ1) is 12.6. The minimum atomic E-state index is -0.347. The van der Waals surface area contributed by atoms with Gasteiger partial charge in [-0.25, -0.2) is 14.4 Å². The van der Waals surface area contributed by atoms with Crippen LogP contribution in [0.2, 0.25) is 0 Å². The summed E-state index contributed by atoms with van der Waals surface area (Å²) in [5.74, 6) is 0.591. The number of nitrogens with zero attached hydrogens (tertiary/aromatic N) is 3. The molecule has 4 rings (SSSR count). The summed E-state index contributed by atoms with van der Waals surface area (Å²) in [5, 5.41) is 6.20. The molecule has 2 aromatic heterocycles. The molecule has 2 aromatic carbocycles. The number of fused-ring (bicyclic) bond motifs is 1. The minimum absolute atomic E-state index is 0.314. The number of aryl methyl sites for hydroxylation is 2. The molecule has 4 aromatic rings. The number of nitrogens with one attached hydrogen (secondary N) is 2. The van der Waals surface area contributed by atoms with Crippen molar-refractivity contribution in [1.29, 1.82) is 0 Å². The Labute approximate surface area is 149 Å². The monoisotopic (exact) mass is 349 g/mol. The van der Waals surface area contributed by atoms with E-state index in [-0.39, 0.29) is 5.82 Å². The summed E-state index contributed by atoms with van der Waals surface area (Å²) >= 11 is 0. The number of benzene rings is 2. The molecule has 0 fully saturated rings. The average molecular weight is 349 g/mol. The van der Waals surface area contributed by atoms with E-state index in [1.807, 2.05) is 38.1 Å². The van der Waals surface area contributed by atoms with Crippen LogP contribution in [0, 0.1) is 19.7 Å².